The summed E-state index contributed by atoms with van der Waals surface area (Å²) >= 11 is 3.78. The standard InChI is InChI=1S/C7H11NO3S/c9-6(2-3-7(10)11)8-4-1-5-12/h1,5,12H,2-4H2,(H,8,9)(H,10,11). The van der Waals surface area contributed by atoms with Gasteiger partial charge in [0.25, 0.3) is 0 Å². The van der Waals surface area contributed by atoms with Gasteiger partial charge in [0.15, 0.2) is 0 Å². The highest BCUT2D eigenvalue weighted by atomic mass is 32.1. The highest BCUT2D eigenvalue weighted by Gasteiger charge is 2.02. The summed E-state index contributed by atoms with van der Waals surface area (Å²) in [6, 6.07) is 0. The second-order valence-electron chi connectivity index (χ2n) is 2.08. The fourth-order valence-electron chi connectivity index (χ4n) is 0.534. The fraction of sp³-hybridized carbons (Fsp3) is 0.429. The summed E-state index contributed by atoms with van der Waals surface area (Å²) < 4.78 is 0. The highest BCUT2D eigenvalue weighted by Crippen LogP contribution is 1.87. The van der Waals surface area contributed by atoms with Crippen LogP contribution in [0, 0.1) is 0 Å². The van der Waals surface area contributed by atoms with Crippen molar-refractivity contribution in [2.24, 2.45) is 0 Å². The van der Waals surface area contributed by atoms with Gasteiger partial charge in [-0.15, -0.1) is 0 Å². The van der Waals surface area contributed by atoms with Crippen LogP contribution in [0.15, 0.2) is 11.5 Å². The van der Waals surface area contributed by atoms with Crippen molar-refractivity contribution in [3.8, 4) is 0 Å². The van der Waals surface area contributed by atoms with Crippen molar-refractivity contribution in [1.82, 2.24) is 5.32 Å². The number of nitrogens with one attached hydrogen (secondary N) is 1. The number of hydrogen-bond acceptors (Lipinski definition) is 3. The van der Waals surface area contributed by atoms with Crippen LogP contribution in [-0.2, 0) is 9.59 Å². The van der Waals surface area contributed by atoms with Crippen molar-refractivity contribution >= 4 is 24.5 Å². The largest absolute Gasteiger partial charge is 0.481 e. The predicted octanol–water partition coefficient (Wildman–Crippen LogP) is 0.411. The van der Waals surface area contributed by atoms with Crippen LogP contribution in [0.2, 0.25) is 0 Å². The number of thiol groups is 1. The molecule has 0 aliphatic rings. The first-order chi connectivity index (χ1) is 5.66. The molecule has 68 valence electrons. The average molecular weight is 189 g/mol. The average Bonchev–Trinajstić information content (AvgIpc) is 2.01. The van der Waals surface area contributed by atoms with Crippen molar-refractivity contribution in [1.29, 1.82) is 0 Å². The third-order valence-corrected chi connectivity index (χ3v) is 1.30. The molecular weight excluding hydrogens is 178 g/mol. The molecule has 0 aromatic carbocycles. The van der Waals surface area contributed by atoms with Crippen LogP contribution in [0.4, 0.5) is 0 Å². The third-order valence-electron chi connectivity index (χ3n) is 1.09. The highest BCUT2D eigenvalue weighted by molar-refractivity contribution is 7.83. The molecule has 0 aliphatic carbocycles. The lowest BCUT2D eigenvalue weighted by atomic mass is 10.3. The first-order valence-electron chi connectivity index (χ1n) is 3.44. The quantitative estimate of drug-likeness (QED) is 0.549. The van der Waals surface area contributed by atoms with E-state index in [1.807, 2.05) is 0 Å². The Morgan fingerprint density at radius 2 is 2.08 bits per heavy atom. The molecule has 0 atom stereocenters. The Morgan fingerprint density at radius 3 is 2.58 bits per heavy atom. The molecule has 0 saturated carbocycles. The summed E-state index contributed by atoms with van der Waals surface area (Å²) in [7, 11) is 0. The van der Waals surface area contributed by atoms with Gasteiger partial charge in [-0.3, -0.25) is 9.59 Å². The Bertz CT molecular complexity index is 191. The minimum Gasteiger partial charge on any atom is -0.481 e. The zero-order valence-electron chi connectivity index (χ0n) is 6.49. The second kappa shape index (κ2) is 6.72. The normalized spacial score (nSPS) is 10.1. The molecule has 1 amide bonds. The van der Waals surface area contributed by atoms with E-state index in [0.717, 1.165) is 0 Å². The minimum absolute atomic E-state index is 0.0236. The van der Waals surface area contributed by atoms with Gasteiger partial charge in [-0.05, 0) is 5.41 Å². The smallest absolute Gasteiger partial charge is 0.303 e. The molecule has 12 heavy (non-hydrogen) atoms. The second-order valence-corrected chi connectivity index (χ2v) is 2.38. The van der Waals surface area contributed by atoms with Gasteiger partial charge in [-0.1, -0.05) is 6.08 Å². The number of carbonyl (C=O) groups excluding carboxylic acids is 1. The van der Waals surface area contributed by atoms with E-state index >= 15 is 0 Å². The van der Waals surface area contributed by atoms with Gasteiger partial charge in [0.2, 0.25) is 5.91 Å². The number of carboxylic acids is 1. The van der Waals surface area contributed by atoms with Crippen LogP contribution in [0.25, 0.3) is 0 Å². The van der Waals surface area contributed by atoms with Gasteiger partial charge in [0.05, 0.1) is 6.42 Å². The summed E-state index contributed by atoms with van der Waals surface area (Å²) in [4.78, 5) is 20.8. The fourth-order valence-corrected chi connectivity index (χ4v) is 0.640. The van der Waals surface area contributed by atoms with Crippen LogP contribution >= 0.6 is 12.6 Å². The van der Waals surface area contributed by atoms with Crippen molar-refractivity contribution in [3.05, 3.63) is 11.5 Å². The third kappa shape index (κ3) is 7.14. The Hall–Kier alpha value is -0.970. The van der Waals surface area contributed by atoms with E-state index in [2.05, 4.69) is 17.9 Å². The van der Waals surface area contributed by atoms with E-state index in [4.69, 9.17) is 5.11 Å². The van der Waals surface area contributed by atoms with E-state index in [1.54, 1.807) is 6.08 Å². The van der Waals surface area contributed by atoms with Gasteiger partial charge in [-0.2, -0.15) is 12.6 Å². The van der Waals surface area contributed by atoms with E-state index in [9.17, 15) is 9.59 Å². The summed E-state index contributed by atoms with van der Waals surface area (Å²) in [6.07, 6.45) is 1.55. The summed E-state index contributed by atoms with van der Waals surface area (Å²) in [6.45, 7) is 0.391. The lowest BCUT2D eigenvalue weighted by molar-refractivity contribution is -0.138. The Kier molecular flexibility index (Phi) is 6.18. The monoisotopic (exact) mass is 189 g/mol. The Labute approximate surface area is 76.1 Å². The molecule has 2 N–H and O–H groups in total. The molecule has 0 unspecified atom stereocenters. The molecule has 0 fully saturated rings. The maximum atomic E-state index is 10.8. The maximum absolute atomic E-state index is 10.8. The molecule has 0 rings (SSSR count). The Morgan fingerprint density at radius 1 is 1.42 bits per heavy atom. The summed E-state index contributed by atoms with van der Waals surface area (Å²) in [5.74, 6) is -1.22. The van der Waals surface area contributed by atoms with Gasteiger partial charge < -0.3 is 10.4 Å². The molecule has 0 bridgehead atoms. The predicted molar refractivity (Wildman–Crippen MR) is 48.0 cm³/mol. The molecule has 0 spiro atoms. The van der Waals surface area contributed by atoms with E-state index < -0.39 is 5.97 Å². The molecule has 0 aromatic rings. The first-order valence-corrected chi connectivity index (χ1v) is 3.96. The zero-order chi connectivity index (χ0) is 9.40. The molecular formula is C7H11NO3S. The number of rotatable bonds is 5. The molecule has 0 heterocycles. The van der Waals surface area contributed by atoms with Crippen molar-refractivity contribution < 1.29 is 14.7 Å². The van der Waals surface area contributed by atoms with Crippen molar-refractivity contribution in [3.63, 3.8) is 0 Å². The number of hydrogen-bond donors (Lipinski definition) is 3. The van der Waals surface area contributed by atoms with Gasteiger partial charge in [0, 0.05) is 13.0 Å². The minimum atomic E-state index is -0.963. The first kappa shape index (κ1) is 11.0. The topological polar surface area (TPSA) is 66.4 Å². The van der Waals surface area contributed by atoms with E-state index in [1.165, 1.54) is 5.41 Å². The van der Waals surface area contributed by atoms with E-state index in [0.29, 0.717) is 6.54 Å². The molecule has 0 aromatic heterocycles. The SMILES string of the molecule is O=C(O)CCC(=O)NCC=CS. The van der Waals surface area contributed by atoms with Crippen molar-refractivity contribution in [2.45, 2.75) is 12.8 Å². The van der Waals surface area contributed by atoms with Crippen LogP contribution in [0.5, 0.6) is 0 Å². The van der Waals surface area contributed by atoms with Crippen LogP contribution in [0.3, 0.4) is 0 Å². The molecule has 0 radical (unpaired) electrons. The number of aliphatic carboxylic acids is 1. The lowest BCUT2D eigenvalue weighted by Crippen LogP contribution is -2.23. The molecule has 0 aliphatic heterocycles. The molecule has 0 saturated heterocycles. The number of carboxylic acid groups (broad SMARTS) is 1. The van der Waals surface area contributed by atoms with Crippen LogP contribution in [-0.4, -0.2) is 23.5 Å². The van der Waals surface area contributed by atoms with Gasteiger partial charge >= 0.3 is 5.97 Å². The number of amides is 1. The lowest BCUT2D eigenvalue weighted by Gasteiger charge is -1.98. The van der Waals surface area contributed by atoms with Crippen molar-refractivity contribution in [2.75, 3.05) is 6.54 Å². The zero-order valence-corrected chi connectivity index (χ0v) is 7.38. The van der Waals surface area contributed by atoms with E-state index in [-0.39, 0.29) is 18.7 Å². The van der Waals surface area contributed by atoms with Crippen LogP contribution in [0.1, 0.15) is 12.8 Å². The maximum Gasteiger partial charge on any atom is 0.303 e. The summed E-state index contributed by atoms with van der Waals surface area (Å²) in [5, 5.41) is 12.2. The Balaban J connectivity index is 3.40. The summed E-state index contributed by atoms with van der Waals surface area (Å²) in [5.41, 5.74) is 0. The molecule has 5 heteroatoms. The van der Waals surface area contributed by atoms with Gasteiger partial charge in [-0.25, -0.2) is 0 Å². The van der Waals surface area contributed by atoms with Gasteiger partial charge in [0.1, 0.15) is 0 Å². The molecule has 4 nitrogen and oxygen atoms in total. The van der Waals surface area contributed by atoms with Crippen LogP contribution < -0.4 is 5.32 Å². The number of carbonyl (C=O) groups is 2.